The molecule has 0 amide bonds. The lowest BCUT2D eigenvalue weighted by Crippen LogP contribution is -2.26. The van der Waals surface area contributed by atoms with Crippen LogP contribution in [0.2, 0.25) is 0 Å². The van der Waals surface area contributed by atoms with E-state index in [1.165, 1.54) is 12.8 Å². The number of esters is 1. The average molecular weight is 504 g/mol. The van der Waals surface area contributed by atoms with Gasteiger partial charge in [0, 0.05) is 5.92 Å². The Morgan fingerprint density at radius 3 is 2.29 bits per heavy atom. The van der Waals surface area contributed by atoms with Crippen LogP contribution < -0.4 is 4.74 Å². The van der Waals surface area contributed by atoms with Gasteiger partial charge in [0.25, 0.3) is 0 Å². The van der Waals surface area contributed by atoms with E-state index in [0.717, 1.165) is 42.7 Å². The SMILES string of the molecule is N#Cc1ccc(OCc2ccccc2)c(C#CC2CC3CC3CCCCC2C(=O)OCc2ccccc2)c1. The maximum atomic E-state index is 13.4. The minimum absolute atomic E-state index is 0.0842. The number of fused-ring (bicyclic) bond motifs is 1. The van der Waals surface area contributed by atoms with E-state index in [9.17, 15) is 10.1 Å². The second-order valence-electron chi connectivity index (χ2n) is 10.4. The summed E-state index contributed by atoms with van der Waals surface area (Å²) < 4.78 is 11.9. The molecule has 0 aliphatic heterocycles. The maximum Gasteiger partial charge on any atom is 0.310 e. The van der Waals surface area contributed by atoms with Crippen molar-refractivity contribution in [2.24, 2.45) is 23.7 Å². The van der Waals surface area contributed by atoms with E-state index >= 15 is 0 Å². The lowest BCUT2D eigenvalue weighted by atomic mass is 9.84. The van der Waals surface area contributed by atoms with Crippen LogP contribution >= 0.6 is 0 Å². The van der Waals surface area contributed by atoms with Crippen molar-refractivity contribution < 1.29 is 14.3 Å². The molecule has 0 heterocycles. The van der Waals surface area contributed by atoms with Crippen LogP contribution in [0.3, 0.4) is 0 Å². The molecule has 0 bridgehead atoms. The highest BCUT2D eigenvalue weighted by Crippen LogP contribution is 2.49. The third-order valence-electron chi connectivity index (χ3n) is 7.72. The van der Waals surface area contributed by atoms with E-state index in [1.807, 2.05) is 66.7 Å². The molecule has 0 N–H and O–H groups in total. The first-order chi connectivity index (χ1) is 18.7. The Morgan fingerprint density at radius 2 is 1.55 bits per heavy atom. The van der Waals surface area contributed by atoms with E-state index in [4.69, 9.17) is 9.47 Å². The summed E-state index contributed by atoms with van der Waals surface area (Å²) in [7, 11) is 0. The summed E-state index contributed by atoms with van der Waals surface area (Å²) in [5.41, 5.74) is 3.27. The van der Waals surface area contributed by atoms with Crippen molar-refractivity contribution in [3.8, 4) is 23.7 Å². The van der Waals surface area contributed by atoms with Gasteiger partial charge < -0.3 is 9.47 Å². The summed E-state index contributed by atoms with van der Waals surface area (Å²) in [5, 5.41) is 9.49. The first-order valence-corrected chi connectivity index (χ1v) is 13.6. The van der Waals surface area contributed by atoms with Crippen LogP contribution in [0.5, 0.6) is 5.75 Å². The summed E-state index contributed by atoms with van der Waals surface area (Å²) >= 11 is 0. The Bertz CT molecular complexity index is 1330. The van der Waals surface area contributed by atoms with E-state index in [1.54, 1.807) is 12.1 Å². The Kier molecular flexibility index (Phi) is 8.42. The topological polar surface area (TPSA) is 59.3 Å². The van der Waals surface area contributed by atoms with Gasteiger partial charge in [0.2, 0.25) is 0 Å². The van der Waals surface area contributed by atoms with Crippen molar-refractivity contribution >= 4 is 5.97 Å². The standard InChI is InChI=1S/C34H33NO3/c35-22-27-15-18-33(37-23-25-9-3-1-4-10-25)30(19-27)17-16-29-21-31-20-28(31)13-7-8-14-32(29)34(36)38-24-26-11-5-2-6-12-26/h1-6,9-12,15,18-19,28-29,31-32H,7-8,13-14,20-21,23-24H2. The first-order valence-electron chi connectivity index (χ1n) is 13.6. The van der Waals surface area contributed by atoms with Crippen LogP contribution in [-0.2, 0) is 22.7 Å². The van der Waals surface area contributed by atoms with E-state index in [2.05, 4.69) is 17.9 Å². The number of ether oxygens (including phenoxy) is 2. The average Bonchev–Trinajstić information content (AvgIpc) is 3.70. The van der Waals surface area contributed by atoms with E-state index < -0.39 is 0 Å². The minimum atomic E-state index is -0.251. The zero-order valence-electron chi connectivity index (χ0n) is 21.6. The highest BCUT2D eigenvalue weighted by Gasteiger charge is 2.41. The zero-order chi connectivity index (χ0) is 26.2. The summed E-state index contributed by atoms with van der Waals surface area (Å²) in [6.45, 7) is 0.701. The lowest BCUT2D eigenvalue weighted by molar-refractivity contribution is -0.151. The molecule has 5 rings (SSSR count). The van der Waals surface area contributed by atoms with Gasteiger partial charge in [-0.15, -0.1) is 0 Å². The normalized spacial score (nSPS) is 22.2. The lowest BCUT2D eigenvalue weighted by Gasteiger charge is -2.21. The fraction of sp³-hybridized carbons (Fsp3) is 0.353. The van der Waals surface area contributed by atoms with Crippen LogP contribution in [-0.4, -0.2) is 5.97 Å². The molecule has 4 unspecified atom stereocenters. The van der Waals surface area contributed by atoms with E-state index in [-0.39, 0.29) is 24.4 Å². The number of nitrogens with zero attached hydrogens (tertiary/aromatic N) is 1. The summed E-state index contributed by atoms with van der Waals surface area (Å²) in [6, 6.07) is 27.4. The third kappa shape index (κ3) is 6.84. The molecule has 192 valence electrons. The summed E-state index contributed by atoms with van der Waals surface area (Å²) in [4.78, 5) is 13.4. The second kappa shape index (κ2) is 12.5. The predicted molar refractivity (Wildman–Crippen MR) is 147 cm³/mol. The monoisotopic (exact) mass is 503 g/mol. The molecule has 2 aliphatic rings. The third-order valence-corrected chi connectivity index (χ3v) is 7.72. The Labute approximate surface area is 225 Å². The smallest absolute Gasteiger partial charge is 0.310 e. The van der Waals surface area contributed by atoms with Crippen molar-refractivity contribution in [2.45, 2.75) is 51.7 Å². The van der Waals surface area contributed by atoms with Crippen LogP contribution in [0.25, 0.3) is 0 Å². The molecule has 0 spiro atoms. The predicted octanol–water partition coefficient (Wildman–Crippen LogP) is 7.06. The van der Waals surface area contributed by atoms with Crippen LogP contribution in [0.4, 0.5) is 0 Å². The summed E-state index contributed by atoms with van der Waals surface area (Å²) in [5.74, 6) is 8.36. The van der Waals surface area contributed by atoms with Gasteiger partial charge >= 0.3 is 5.97 Å². The molecular formula is C34H33NO3. The molecule has 2 saturated carbocycles. The van der Waals surface area contributed by atoms with Crippen LogP contribution in [0, 0.1) is 46.8 Å². The molecule has 3 aromatic rings. The minimum Gasteiger partial charge on any atom is -0.488 e. The molecule has 38 heavy (non-hydrogen) atoms. The molecule has 0 aromatic heterocycles. The Morgan fingerprint density at radius 1 is 0.842 bits per heavy atom. The van der Waals surface area contributed by atoms with Crippen molar-refractivity contribution in [2.75, 3.05) is 0 Å². The fourth-order valence-corrected chi connectivity index (χ4v) is 5.42. The fourth-order valence-electron chi connectivity index (χ4n) is 5.42. The number of benzene rings is 3. The maximum absolute atomic E-state index is 13.4. The van der Waals surface area contributed by atoms with Gasteiger partial charge in [-0.05, 0) is 60.4 Å². The van der Waals surface area contributed by atoms with Crippen molar-refractivity contribution in [1.29, 1.82) is 5.26 Å². The van der Waals surface area contributed by atoms with Gasteiger partial charge in [0.1, 0.15) is 19.0 Å². The molecule has 3 aromatic carbocycles. The second-order valence-corrected chi connectivity index (χ2v) is 10.4. The number of nitriles is 1. The number of hydrogen-bond donors (Lipinski definition) is 0. The van der Waals surface area contributed by atoms with Gasteiger partial charge in [-0.1, -0.05) is 91.8 Å². The molecule has 4 heteroatoms. The largest absolute Gasteiger partial charge is 0.488 e. The first kappa shape index (κ1) is 25.6. The Hall–Kier alpha value is -4.02. The highest BCUT2D eigenvalue weighted by molar-refractivity contribution is 5.73. The summed E-state index contributed by atoms with van der Waals surface area (Å²) in [6.07, 6.45) is 6.37. The van der Waals surface area contributed by atoms with Crippen molar-refractivity contribution in [1.82, 2.24) is 0 Å². The Balaban J connectivity index is 1.38. The van der Waals surface area contributed by atoms with E-state index in [0.29, 0.717) is 29.4 Å². The number of carbonyl (C=O) groups excluding carboxylic acids is 1. The van der Waals surface area contributed by atoms with Crippen molar-refractivity contribution in [3.05, 3.63) is 101 Å². The molecule has 0 radical (unpaired) electrons. The number of rotatable bonds is 6. The highest BCUT2D eigenvalue weighted by atomic mass is 16.5. The van der Waals surface area contributed by atoms with Crippen molar-refractivity contribution in [3.63, 3.8) is 0 Å². The molecule has 2 aliphatic carbocycles. The van der Waals surface area contributed by atoms with Crippen LogP contribution in [0.1, 0.15) is 60.8 Å². The molecule has 4 nitrogen and oxygen atoms in total. The van der Waals surface area contributed by atoms with Gasteiger partial charge in [-0.3, -0.25) is 4.79 Å². The molecular weight excluding hydrogens is 470 g/mol. The van der Waals surface area contributed by atoms with Gasteiger partial charge in [0.15, 0.2) is 0 Å². The number of carbonyl (C=O) groups is 1. The van der Waals surface area contributed by atoms with Crippen LogP contribution in [0.15, 0.2) is 78.9 Å². The molecule has 2 fully saturated rings. The van der Waals surface area contributed by atoms with Gasteiger partial charge in [0.05, 0.1) is 23.1 Å². The quantitative estimate of drug-likeness (QED) is 0.267. The van der Waals surface area contributed by atoms with Gasteiger partial charge in [-0.25, -0.2) is 0 Å². The number of hydrogen-bond acceptors (Lipinski definition) is 4. The molecule has 0 saturated heterocycles. The van der Waals surface area contributed by atoms with Gasteiger partial charge in [-0.2, -0.15) is 5.26 Å². The molecule has 4 atom stereocenters. The zero-order valence-corrected chi connectivity index (χ0v) is 21.6.